The van der Waals surface area contributed by atoms with Crippen LogP contribution in [0.15, 0.2) is 0 Å². The van der Waals surface area contributed by atoms with Gasteiger partial charge in [0.15, 0.2) is 0 Å². The standard InChI is InChI=1S/C27H44N4O4S2/c1-8-28-17-21(36)30(24(28)34)23(31-22(37)18-29(9-2)25(31)35)27(6,7)16-14-20(33)12-10-11-19(32)13-15-26(3,4)5/h23H,8-18H2,1-7H3. The van der Waals surface area contributed by atoms with Gasteiger partial charge in [-0.1, -0.05) is 59.1 Å². The smallest absolute Gasteiger partial charge is 0.318 e. The van der Waals surface area contributed by atoms with Crippen molar-refractivity contribution in [3.05, 3.63) is 0 Å². The summed E-state index contributed by atoms with van der Waals surface area (Å²) in [7, 11) is 0. The van der Waals surface area contributed by atoms with E-state index >= 15 is 0 Å². The molecule has 0 aromatic heterocycles. The van der Waals surface area contributed by atoms with Crippen LogP contribution in [0.2, 0.25) is 0 Å². The Morgan fingerprint density at radius 2 is 1.16 bits per heavy atom. The van der Waals surface area contributed by atoms with Crippen molar-refractivity contribution in [2.75, 3.05) is 26.2 Å². The lowest BCUT2D eigenvalue weighted by Gasteiger charge is -2.44. The summed E-state index contributed by atoms with van der Waals surface area (Å²) in [6.45, 7) is 15.7. The topological polar surface area (TPSA) is 81.2 Å². The van der Waals surface area contributed by atoms with Gasteiger partial charge < -0.3 is 9.80 Å². The molecule has 0 radical (unpaired) electrons. The largest absolute Gasteiger partial charge is 0.327 e. The summed E-state index contributed by atoms with van der Waals surface area (Å²) in [4.78, 5) is 58.8. The normalized spacial score (nSPS) is 17.2. The van der Waals surface area contributed by atoms with Gasteiger partial charge in [-0.05, 0) is 38.5 Å². The van der Waals surface area contributed by atoms with Gasteiger partial charge in [-0.3, -0.25) is 19.4 Å². The summed E-state index contributed by atoms with van der Waals surface area (Å²) in [6.07, 6.45) is 2.72. The number of rotatable bonds is 14. The Kier molecular flexibility index (Phi) is 10.8. The Bertz CT molecular complexity index is 886. The van der Waals surface area contributed by atoms with Gasteiger partial charge in [-0.15, -0.1) is 0 Å². The maximum absolute atomic E-state index is 13.3. The van der Waals surface area contributed by atoms with Gasteiger partial charge in [-0.25, -0.2) is 9.59 Å². The van der Waals surface area contributed by atoms with E-state index in [2.05, 4.69) is 20.8 Å². The molecule has 2 aliphatic heterocycles. The summed E-state index contributed by atoms with van der Waals surface area (Å²) in [6, 6.07) is -0.479. The van der Waals surface area contributed by atoms with Crippen molar-refractivity contribution in [1.82, 2.24) is 19.6 Å². The molecule has 0 aromatic carbocycles. The summed E-state index contributed by atoms with van der Waals surface area (Å²) in [5, 5.41) is 0. The minimum atomic E-state index is -0.715. The molecule has 0 aromatic rings. The molecule has 10 heteroatoms. The minimum Gasteiger partial charge on any atom is -0.318 e. The first-order valence-electron chi connectivity index (χ1n) is 13.4. The molecular formula is C27H44N4O4S2. The van der Waals surface area contributed by atoms with Crippen LogP contribution in [0.3, 0.4) is 0 Å². The van der Waals surface area contributed by atoms with Crippen molar-refractivity contribution in [3.8, 4) is 0 Å². The molecule has 0 aliphatic carbocycles. The third-order valence-corrected chi connectivity index (χ3v) is 7.86. The van der Waals surface area contributed by atoms with Gasteiger partial charge in [0, 0.05) is 44.2 Å². The van der Waals surface area contributed by atoms with Crippen molar-refractivity contribution in [3.63, 3.8) is 0 Å². The maximum Gasteiger partial charge on any atom is 0.327 e. The van der Waals surface area contributed by atoms with Crippen LogP contribution < -0.4 is 0 Å². The van der Waals surface area contributed by atoms with Crippen LogP contribution in [0.4, 0.5) is 9.59 Å². The number of thiocarbonyl (C=S) groups is 2. The fourth-order valence-corrected chi connectivity index (χ4v) is 5.43. The molecule has 0 N–H and O–H groups in total. The van der Waals surface area contributed by atoms with E-state index in [4.69, 9.17) is 24.4 Å². The molecule has 2 saturated heterocycles. The Balaban J connectivity index is 2.11. The molecule has 0 spiro atoms. The number of hydrogen-bond acceptors (Lipinski definition) is 6. The fraction of sp³-hybridized carbons (Fsp3) is 0.778. The Morgan fingerprint density at radius 1 is 0.757 bits per heavy atom. The lowest BCUT2D eigenvalue weighted by molar-refractivity contribution is -0.121. The third kappa shape index (κ3) is 8.02. The molecule has 37 heavy (non-hydrogen) atoms. The first-order chi connectivity index (χ1) is 17.1. The second-order valence-corrected chi connectivity index (χ2v) is 12.9. The summed E-state index contributed by atoms with van der Waals surface area (Å²) in [5.41, 5.74) is -0.543. The number of carbonyl (C=O) groups is 4. The highest BCUT2D eigenvalue weighted by molar-refractivity contribution is 7.80. The first kappa shape index (κ1) is 31.3. The number of nitrogens with zero attached hydrogens (tertiary/aromatic N) is 4. The zero-order valence-electron chi connectivity index (χ0n) is 23.6. The van der Waals surface area contributed by atoms with Gasteiger partial charge in [0.1, 0.15) is 27.7 Å². The van der Waals surface area contributed by atoms with Gasteiger partial charge in [0.2, 0.25) is 0 Å². The van der Waals surface area contributed by atoms with E-state index in [0.717, 1.165) is 6.42 Å². The molecule has 0 saturated carbocycles. The lowest BCUT2D eigenvalue weighted by Crippen LogP contribution is -2.60. The average molecular weight is 553 g/mol. The van der Waals surface area contributed by atoms with Crippen molar-refractivity contribution in [2.24, 2.45) is 10.8 Å². The van der Waals surface area contributed by atoms with Gasteiger partial charge >= 0.3 is 12.1 Å². The van der Waals surface area contributed by atoms with E-state index in [1.54, 1.807) is 9.80 Å². The molecule has 2 aliphatic rings. The number of amides is 4. The van der Waals surface area contributed by atoms with Crippen LogP contribution in [0, 0.1) is 10.8 Å². The Labute approximate surface area is 233 Å². The highest BCUT2D eigenvalue weighted by atomic mass is 32.1. The molecular weight excluding hydrogens is 508 g/mol. The summed E-state index contributed by atoms with van der Waals surface area (Å²) in [5.74, 6) is 0.276. The first-order valence-corrected chi connectivity index (χ1v) is 14.2. The average Bonchev–Trinajstić information content (AvgIpc) is 3.25. The zero-order valence-corrected chi connectivity index (χ0v) is 25.2. The molecule has 8 nitrogen and oxygen atoms in total. The maximum atomic E-state index is 13.3. The van der Waals surface area contributed by atoms with Crippen LogP contribution in [-0.2, 0) is 9.59 Å². The van der Waals surface area contributed by atoms with Crippen molar-refractivity contribution in [2.45, 2.75) is 99.6 Å². The van der Waals surface area contributed by atoms with Crippen LogP contribution in [-0.4, -0.2) is 85.6 Å². The number of ketones is 2. The number of hydrogen-bond donors (Lipinski definition) is 0. The molecule has 0 atom stereocenters. The third-order valence-electron chi connectivity index (χ3n) is 7.21. The second kappa shape index (κ2) is 12.7. The van der Waals surface area contributed by atoms with Crippen LogP contribution in [0.1, 0.15) is 93.4 Å². The predicted molar refractivity (Wildman–Crippen MR) is 154 cm³/mol. The van der Waals surface area contributed by atoms with Crippen molar-refractivity contribution < 1.29 is 19.2 Å². The van der Waals surface area contributed by atoms with E-state index in [0.29, 0.717) is 68.3 Å². The molecule has 0 unspecified atom stereocenters. The SMILES string of the molecule is CCN1CC(=S)N(C(N2C(=O)N(CC)CC2=S)C(C)(C)CCC(=O)CCCC(=O)CCC(C)(C)C)C1=O. The zero-order chi connectivity index (χ0) is 28.1. The lowest BCUT2D eigenvalue weighted by atomic mass is 9.81. The van der Waals surface area contributed by atoms with Gasteiger partial charge in [0.25, 0.3) is 0 Å². The summed E-state index contributed by atoms with van der Waals surface area (Å²) >= 11 is 11.2. The predicted octanol–water partition coefficient (Wildman–Crippen LogP) is 5.42. The highest BCUT2D eigenvalue weighted by Crippen LogP contribution is 2.38. The molecule has 2 fully saturated rings. The number of Topliss-reactive ketones (excluding diaryl/α,β-unsaturated/α-hetero) is 2. The highest BCUT2D eigenvalue weighted by Gasteiger charge is 2.51. The molecule has 208 valence electrons. The Morgan fingerprint density at radius 3 is 1.51 bits per heavy atom. The van der Waals surface area contributed by atoms with Crippen molar-refractivity contribution in [1.29, 1.82) is 0 Å². The quantitative estimate of drug-likeness (QED) is 0.268. The van der Waals surface area contributed by atoms with Crippen LogP contribution >= 0.6 is 24.4 Å². The fourth-order valence-electron chi connectivity index (χ4n) is 4.76. The van der Waals surface area contributed by atoms with E-state index in [1.807, 2.05) is 27.7 Å². The van der Waals surface area contributed by atoms with Crippen LogP contribution in [0.5, 0.6) is 0 Å². The van der Waals surface area contributed by atoms with E-state index in [1.165, 1.54) is 9.80 Å². The van der Waals surface area contributed by atoms with Gasteiger partial charge in [0.05, 0.1) is 13.1 Å². The van der Waals surface area contributed by atoms with E-state index < -0.39 is 11.6 Å². The molecule has 0 bridgehead atoms. The summed E-state index contributed by atoms with van der Waals surface area (Å²) < 4.78 is 0. The van der Waals surface area contributed by atoms with E-state index in [-0.39, 0.29) is 35.5 Å². The molecule has 2 heterocycles. The number of urea groups is 2. The molecule has 2 rings (SSSR count). The van der Waals surface area contributed by atoms with Crippen LogP contribution in [0.25, 0.3) is 0 Å². The Hall–Kier alpha value is -1.94. The number of likely N-dealkylation sites (N-methyl/N-ethyl adjacent to an activating group) is 2. The van der Waals surface area contributed by atoms with Gasteiger partial charge in [-0.2, -0.15) is 0 Å². The van der Waals surface area contributed by atoms with E-state index in [9.17, 15) is 19.2 Å². The minimum absolute atomic E-state index is 0.0754. The number of carbonyl (C=O) groups excluding carboxylic acids is 4. The van der Waals surface area contributed by atoms with Crippen molar-refractivity contribution >= 4 is 58.0 Å². The monoisotopic (exact) mass is 552 g/mol. The second-order valence-electron chi connectivity index (χ2n) is 12.0. The molecule has 4 amide bonds.